The monoisotopic (exact) mass is 433 g/mol. The highest BCUT2D eigenvalue weighted by atomic mass is 19.1. The lowest BCUT2D eigenvalue weighted by atomic mass is 10.2. The van der Waals surface area contributed by atoms with Crippen LogP contribution in [0.3, 0.4) is 0 Å². The minimum absolute atomic E-state index is 0.0137. The van der Waals surface area contributed by atoms with E-state index in [1.165, 1.54) is 42.3 Å². The van der Waals surface area contributed by atoms with Crippen LogP contribution in [0.4, 0.5) is 19.7 Å². The van der Waals surface area contributed by atoms with Crippen LogP contribution < -0.4 is 15.4 Å². The van der Waals surface area contributed by atoms with Gasteiger partial charge in [-0.3, -0.25) is 0 Å². The van der Waals surface area contributed by atoms with Crippen LogP contribution in [0.25, 0.3) is 0 Å². The lowest BCUT2D eigenvalue weighted by Gasteiger charge is -2.24. The fraction of sp³-hybridized carbons (Fsp3) is 0.364. The largest absolute Gasteiger partial charge is 0.504 e. The van der Waals surface area contributed by atoms with Crippen LogP contribution in [-0.2, 0) is 11.3 Å². The lowest BCUT2D eigenvalue weighted by Crippen LogP contribution is -2.41. The Labute approximate surface area is 181 Å². The van der Waals surface area contributed by atoms with Gasteiger partial charge in [-0.25, -0.2) is 14.0 Å². The van der Waals surface area contributed by atoms with E-state index in [1.54, 1.807) is 32.9 Å². The number of carbonyl (C=O) groups is 2. The molecule has 0 spiro atoms. The van der Waals surface area contributed by atoms with Crippen LogP contribution in [0.1, 0.15) is 26.3 Å². The third-order valence-electron chi connectivity index (χ3n) is 4.05. The number of hydrogen-bond donors (Lipinski definition) is 3. The van der Waals surface area contributed by atoms with Gasteiger partial charge in [-0.2, -0.15) is 0 Å². The summed E-state index contributed by atoms with van der Waals surface area (Å²) < 4.78 is 23.4. The van der Waals surface area contributed by atoms with Gasteiger partial charge in [-0.1, -0.05) is 6.07 Å². The second kappa shape index (κ2) is 10.5. The van der Waals surface area contributed by atoms with E-state index in [4.69, 9.17) is 9.47 Å². The highest BCUT2D eigenvalue weighted by molar-refractivity contribution is 5.89. The molecule has 0 saturated heterocycles. The number of anilines is 1. The Morgan fingerprint density at radius 3 is 2.42 bits per heavy atom. The van der Waals surface area contributed by atoms with E-state index in [2.05, 4.69) is 10.6 Å². The van der Waals surface area contributed by atoms with E-state index in [9.17, 15) is 19.1 Å². The van der Waals surface area contributed by atoms with Crippen LogP contribution in [0.5, 0.6) is 11.5 Å². The van der Waals surface area contributed by atoms with Crippen LogP contribution in [0.2, 0.25) is 0 Å². The smallest absolute Gasteiger partial charge is 0.407 e. The predicted molar refractivity (Wildman–Crippen MR) is 115 cm³/mol. The molecule has 3 N–H and O–H groups in total. The number of methoxy groups -OCH3 is 1. The first kappa shape index (κ1) is 23.8. The van der Waals surface area contributed by atoms with Gasteiger partial charge >= 0.3 is 12.1 Å². The zero-order chi connectivity index (χ0) is 23.0. The van der Waals surface area contributed by atoms with Crippen molar-refractivity contribution in [1.82, 2.24) is 10.2 Å². The van der Waals surface area contributed by atoms with Gasteiger partial charge in [0.2, 0.25) is 0 Å². The van der Waals surface area contributed by atoms with E-state index in [0.717, 1.165) is 0 Å². The number of ether oxygens (including phenoxy) is 2. The molecule has 0 heterocycles. The third-order valence-corrected chi connectivity index (χ3v) is 4.05. The molecule has 2 aromatic rings. The second-order valence-electron chi connectivity index (χ2n) is 7.79. The van der Waals surface area contributed by atoms with Crippen LogP contribution in [-0.4, -0.2) is 47.9 Å². The summed E-state index contributed by atoms with van der Waals surface area (Å²) in [6.45, 7) is 5.78. The molecule has 0 unspecified atom stereocenters. The number of rotatable bonds is 7. The topological polar surface area (TPSA) is 100 Å². The molecule has 31 heavy (non-hydrogen) atoms. The van der Waals surface area contributed by atoms with Crippen molar-refractivity contribution in [2.24, 2.45) is 0 Å². The summed E-state index contributed by atoms with van der Waals surface area (Å²) in [6, 6.07) is 9.71. The summed E-state index contributed by atoms with van der Waals surface area (Å²) in [6.07, 6.45) is -0.585. The highest BCUT2D eigenvalue weighted by Crippen LogP contribution is 2.27. The quantitative estimate of drug-likeness (QED) is 0.611. The Hall–Kier alpha value is -3.49. The molecule has 0 saturated carbocycles. The zero-order valence-electron chi connectivity index (χ0n) is 18.1. The van der Waals surface area contributed by atoms with E-state index in [1.807, 2.05) is 0 Å². The van der Waals surface area contributed by atoms with Gasteiger partial charge in [-0.05, 0) is 62.7 Å². The Kier molecular flexibility index (Phi) is 8.07. The van der Waals surface area contributed by atoms with Crippen molar-refractivity contribution in [1.29, 1.82) is 0 Å². The second-order valence-corrected chi connectivity index (χ2v) is 7.79. The number of nitrogens with one attached hydrogen (secondary N) is 2. The number of carbonyl (C=O) groups excluding carboxylic acids is 2. The van der Waals surface area contributed by atoms with Gasteiger partial charge in [0.05, 0.1) is 7.11 Å². The van der Waals surface area contributed by atoms with Crippen LogP contribution in [0.15, 0.2) is 42.5 Å². The number of phenols is 1. The fourth-order valence-electron chi connectivity index (χ4n) is 2.64. The number of alkyl carbamates (subject to hydrolysis) is 1. The predicted octanol–water partition coefficient (Wildman–Crippen LogP) is 4.10. The summed E-state index contributed by atoms with van der Waals surface area (Å²) in [5, 5.41) is 15.1. The van der Waals surface area contributed by atoms with Crippen molar-refractivity contribution >= 4 is 17.8 Å². The molecule has 3 amide bonds. The van der Waals surface area contributed by atoms with Gasteiger partial charge in [0.15, 0.2) is 11.5 Å². The summed E-state index contributed by atoms with van der Waals surface area (Å²) >= 11 is 0. The number of phenolic OH excluding ortho intramolecular Hbond substituents is 1. The molecule has 168 valence electrons. The summed E-state index contributed by atoms with van der Waals surface area (Å²) in [5.41, 5.74) is 0.507. The zero-order valence-corrected chi connectivity index (χ0v) is 18.1. The first-order valence-electron chi connectivity index (χ1n) is 9.71. The molecule has 0 fully saturated rings. The van der Waals surface area contributed by atoms with Crippen LogP contribution in [0, 0.1) is 5.82 Å². The third kappa shape index (κ3) is 8.04. The number of benzene rings is 2. The molecule has 2 aromatic carbocycles. The minimum atomic E-state index is -0.633. The lowest BCUT2D eigenvalue weighted by molar-refractivity contribution is 0.0523. The highest BCUT2D eigenvalue weighted by Gasteiger charge is 2.18. The molecule has 0 atom stereocenters. The molecule has 0 bridgehead atoms. The molecule has 2 rings (SSSR count). The van der Waals surface area contributed by atoms with Crippen molar-refractivity contribution in [3.63, 3.8) is 0 Å². The van der Waals surface area contributed by atoms with Crippen molar-refractivity contribution in [3.8, 4) is 11.5 Å². The summed E-state index contributed by atoms with van der Waals surface area (Å²) in [5.74, 6) is -0.143. The van der Waals surface area contributed by atoms with Crippen molar-refractivity contribution in [3.05, 3.63) is 53.8 Å². The van der Waals surface area contributed by atoms with Gasteiger partial charge < -0.3 is 30.1 Å². The molecule has 9 heteroatoms. The maximum Gasteiger partial charge on any atom is 0.407 e. The molecule has 0 radical (unpaired) electrons. The van der Waals surface area contributed by atoms with E-state index in [-0.39, 0.29) is 31.1 Å². The fourth-order valence-corrected chi connectivity index (χ4v) is 2.64. The summed E-state index contributed by atoms with van der Waals surface area (Å²) in [4.78, 5) is 26.2. The average Bonchev–Trinajstić information content (AvgIpc) is 2.68. The molecule has 8 nitrogen and oxygen atoms in total. The number of aromatic hydroxyl groups is 1. The van der Waals surface area contributed by atoms with Crippen molar-refractivity contribution in [2.45, 2.75) is 32.9 Å². The Morgan fingerprint density at radius 1 is 1.13 bits per heavy atom. The van der Waals surface area contributed by atoms with E-state index in [0.29, 0.717) is 11.3 Å². The van der Waals surface area contributed by atoms with Gasteiger partial charge in [0.25, 0.3) is 0 Å². The molecular weight excluding hydrogens is 405 g/mol. The van der Waals surface area contributed by atoms with Gasteiger partial charge in [-0.15, -0.1) is 0 Å². The first-order valence-corrected chi connectivity index (χ1v) is 9.71. The summed E-state index contributed by atoms with van der Waals surface area (Å²) in [7, 11) is 1.43. The average molecular weight is 433 g/mol. The SMILES string of the molecule is COc1cc(CN(CCNC(=O)OC(C)(C)C)C(=O)Nc2ccc(F)cc2)ccc1O. The van der Waals surface area contributed by atoms with Crippen LogP contribution >= 0.6 is 0 Å². The number of urea groups is 1. The number of nitrogens with zero attached hydrogens (tertiary/aromatic N) is 1. The maximum absolute atomic E-state index is 13.1. The van der Waals surface area contributed by atoms with E-state index < -0.39 is 23.5 Å². The minimum Gasteiger partial charge on any atom is -0.504 e. The molecule has 0 aliphatic carbocycles. The Balaban J connectivity index is 2.09. The van der Waals surface area contributed by atoms with Crippen molar-refractivity contribution in [2.75, 3.05) is 25.5 Å². The number of hydrogen-bond acceptors (Lipinski definition) is 5. The maximum atomic E-state index is 13.1. The molecule has 0 aliphatic heterocycles. The van der Waals surface area contributed by atoms with Gasteiger partial charge in [0, 0.05) is 25.3 Å². The normalized spacial score (nSPS) is 10.9. The van der Waals surface area contributed by atoms with Crippen molar-refractivity contribution < 1.29 is 28.6 Å². The first-order chi connectivity index (χ1) is 14.6. The Morgan fingerprint density at radius 2 is 1.81 bits per heavy atom. The number of halogens is 1. The van der Waals surface area contributed by atoms with Gasteiger partial charge in [0.1, 0.15) is 11.4 Å². The molecular formula is C22H28FN3O5. The number of amides is 3. The standard InChI is InChI=1S/C22H28FN3O5/c1-22(2,3)31-21(29)24-11-12-26(14-15-5-10-18(27)19(13-15)30-4)20(28)25-17-8-6-16(23)7-9-17/h5-10,13,27H,11-12,14H2,1-4H3,(H,24,29)(H,25,28). The molecule has 0 aromatic heterocycles. The molecule has 0 aliphatic rings. The Bertz CT molecular complexity index is 897. The van der Waals surface area contributed by atoms with E-state index >= 15 is 0 Å².